The molecule has 0 fully saturated rings. The molecule has 0 atom stereocenters. The first kappa shape index (κ1) is 16.9. The van der Waals surface area contributed by atoms with Crippen LogP contribution in [0.2, 0.25) is 0 Å². The molecular formula is C13H19N3O5. The van der Waals surface area contributed by atoms with Crippen LogP contribution in [0.15, 0.2) is 24.3 Å². The average molecular weight is 297 g/mol. The summed E-state index contributed by atoms with van der Waals surface area (Å²) in [7, 11) is 0. The van der Waals surface area contributed by atoms with Crippen LogP contribution in [-0.4, -0.2) is 65.1 Å². The van der Waals surface area contributed by atoms with Gasteiger partial charge < -0.3 is 20.6 Å². The van der Waals surface area contributed by atoms with Crippen molar-refractivity contribution in [2.75, 3.05) is 43.5 Å². The lowest BCUT2D eigenvalue weighted by Crippen LogP contribution is -2.37. The van der Waals surface area contributed by atoms with Crippen LogP contribution in [0.1, 0.15) is 0 Å². The van der Waals surface area contributed by atoms with E-state index in [0.29, 0.717) is 24.5 Å². The number of anilines is 2. The van der Waals surface area contributed by atoms with Gasteiger partial charge in [-0.05, 0) is 24.3 Å². The Morgan fingerprint density at radius 2 is 1.43 bits per heavy atom. The largest absolute Gasteiger partial charge is 0.465 e. The van der Waals surface area contributed by atoms with Crippen molar-refractivity contribution in [3.05, 3.63) is 24.3 Å². The summed E-state index contributed by atoms with van der Waals surface area (Å²) in [6, 6.07) is 6.21. The number of hydrogen-bond donors (Lipinski definition) is 5. The molecule has 1 aromatic rings. The van der Waals surface area contributed by atoms with Crippen LogP contribution in [-0.2, 0) is 4.79 Å². The smallest absolute Gasteiger partial charge is 0.409 e. The van der Waals surface area contributed by atoms with E-state index in [1.807, 2.05) is 0 Å². The van der Waals surface area contributed by atoms with E-state index >= 15 is 0 Å². The molecule has 0 bridgehead atoms. The fourth-order valence-corrected chi connectivity index (χ4v) is 1.72. The highest BCUT2D eigenvalue weighted by atomic mass is 16.4. The first-order valence-corrected chi connectivity index (χ1v) is 6.39. The van der Waals surface area contributed by atoms with Crippen LogP contribution < -0.4 is 10.6 Å². The molecule has 5 N–H and O–H groups in total. The summed E-state index contributed by atoms with van der Waals surface area (Å²) in [4.78, 5) is 23.9. The van der Waals surface area contributed by atoms with E-state index in [4.69, 9.17) is 15.3 Å². The van der Waals surface area contributed by atoms with Crippen molar-refractivity contribution in [3.8, 4) is 0 Å². The maximum absolute atomic E-state index is 11.8. The number of aliphatic hydroxyl groups excluding tert-OH is 2. The van der Waals surface area contributed by atoms with Gasteiger partial charge in [-0.2, -0.15) is 0 Å². The summed E-state index contributed by atoms with van der Waals surface area (Å²) in [6.07, 6.45) is -1.16. The molecule has 0 saturated heterocycles. The summed E-state index contributed by atoms with van der Waals surface area (Å²) in [5, 5.41) is 31.1. The fraction of sp³-hybridized carbons (Fsp3) is 0.385. The number of aliphatic hydroxyl groups is 2. The average Bonchev–Trinajstić information content (AvgIpc) is 2.41. The lowest BCUT2D eigenvalue weighted by Gasteiger charge is -2.19. The van der Waals surface area contributed by atoms with Gasteiger partial charge in [0.2, 0.25) is 5.91 Å². The highest BCUT2D eigenvalue weighted by Crippen LogP contribution is 2.13. The molecule has 116 valence electrons. The van der Waals surface area contributed by atoms with E-state index in [2.05, 4.69) is 10.6 Å². The third-order valence-corrected chi connectivity index (χ3v) is 2.62. The second kappa shape index (κ2) is 8.90. The molecule has 1 rings (SSSR count). The van der Waals surface area contributed by atoms with E-state index < -0.39 is 6.09 Å². The van der Waals surface area contributed by atoms with Gasteiger partial charge >= 0.3 is 6.09 Å². The van der Waals surface area contributed by atoms with Crippen LogP contribution in [0, 0.1) is 0 Å². The summed E-state index contributed by atoms with van der Waals surface area (Å²) >= 11 is 0. The molecule has 8 heteroatoms. The van der Waals surface area contributed by atoms with Gasteiger partial charge in [-0.1, -0.05) is 0 Å². The van der Waals surface area contributed by atoms with Crippen LogP contribution in [0.5, 0.6) is 0 Å². The third kappa shape index (κ3) is 6.70. The number of amides is 2. The Bertz CT molecular complexity index is 457. The second-order valence-corrected chi connectivity index (χ2v) is 4.28. The lowest BCUT2D eigenvalue weighted by atomic mass is 10.2. The highest BCUT2D eigenvalue weighted by Gasteiger charge is 2.10. The van der Waals surface area contributed by atoms with Gasteiger partial charge in [0, 0.05) is 24.5 Å². The Labute approximate surface area is 122 Å². The van der Waals surface area contributed by atoms with Crippen LogP contribution in [0.25, 0.3) is 0 Å². The van der Waals surface area contributed by atoms with Crippen molar-refractivity contribution >= 4 is 23.4 Å². The molecule has 21 heavy (non-hydrogen) atoms. The lowest BCUT2D eigenvalue weighted by molar-refractivity contribution is -0.117. The predicted octanol–water partition coefficient (Wildman–Crippen LogP) is 0.00160. The molecule has 0 spiro atoms. The molecule has 0 saturated carbocycles. The van der Waals surface area contributed by atoms with Crippen molar-refractivity contribution in [2.24, 2.45) is 0 Å². The number of rotatable bonds is 8. The van der Waals surface area contributed by atoms with E-state index in [9.17, 15) is 9.59 Å². The molecule has 0 aliphatic rings. The number of carbonyl (C=O) groups is 2. The summed E-state index contributed by atoms with van der Waals surface area (Å²) in [6.45, 7) is 0.465. The van der Waals surface area contributed by atoms with Gasteiger partial charge in [-0.15, -0.1) is 0 Å². The Morgan fingerprint density at radius 3 is 1.86 bits per heavy atom. The number of benzene rings is 1. The zero-order valence-electron chi connectivity index (χ0n) is 11.5. The van der Waals surface area contributed by atoms with Crippen molar-refractivity contribution in [3.63, 3.8) is 0 Å². The molecular weight excluding hydrogens is 278 g/mol. The zero-order valence-corrected chi connectivity index (χ0v) is 11.5. The third-order valence-electron chi connectivity index (χ3n) is 2.62. The Morgan fingerprint density at radius 1 is 0.952 bits per heavy atom. The summed E-state index contributed by atoms with van der Waals surface area (Å²) < 4.78 is 0. The van der Waals surface area contributed by atoms with E-state index in [-0.39, 0.29) is 25.7 Å². The van der Waals surface area contributed by atoms with Crippen LogP contribution >= 0.6 is 0 Å². The summed E-state index contributed by atoms with van der Waals surface area (Å²) in [5.74, 6) is -0.282. The molecule has 0 radical (unpaired) electrons. The van der Waals surface area contributed by atoms with Gasteiger partial charge in [-0.3, -0.25) is 15.0 Å². The normalized spacial score (nSPS) is 10.4. The highest BCUT2D eigenvalue weighted by molar-refractivity contribution is 5.92. The van der Waals surface area contributed by atoms with Crippen molar-refractivity contribution in [1.29, 1.82) is 0 Å². The van der Waals surface area contributed by atoms with Gasteiger partial charge in [0.05, 0.1) is 19.8 Å². The monoisotopic (exact) mass is 297 g/mol. The number of nitrogens with zero attached hydrogens (tertiary/aromatic N) is 1. The number of hydrogen-bond acceptors (Lipinski definition) is 5. The first-order chi connectivity index (χ1) is 10.0. The molecule has 1 aromatic carbocycles. The quantitative estimate of drug-likeness (QED) is 0.460. The van der Waals surface area contributed by atoms with Crippen LogP contribution in [0.3, 0.4) is 0 Å². The Balaban J connectivity index is 2.51. The van der Waals surface area contributed by atoms with E-state index in [1.54, 1.807) is 17.0 Å². The van der Waals surface area contributed by atoms with Gasteiger partial charge in [0.15, 0.2) is 0 Å². The van der Waals surface area contributed by atoms with E-state index in [0.717, 1.165) is 0 Å². The number of nitrogens with one attached hydrogen (secondary N) is 2. The fourth-order valence-electron chi connectivity index (χ4n) is 1.72. The number of carbonyl (C=O) groups excluding carboxylic acids is 1. The van der Waals surface area contributed by atoms with Gasteiger partial charge in [0.25, 0.3) is 0 Å². The minimum Gasteiger partial charge on any atom is -0.465 e. The Hall–Kier alpha value is -2.16. The van der Waals surface area contributed by atoms with Crippen molar-refractivity contribution < 1.29 is 24.9 Å². The van der Waals surface area contributed by atoms with Crippen molar-refractivity contribution in [1.82, 2.24) is 4.90 Å². The Kier molecular flexibility index (Phi) is 7.16. The van der Waals surface area contributed by atoms with E-state index in [1.165, 1.54) is 12.1 Å². The maximum atomic E-state index is 11.8. The standard InChI is InChI=1S/C13H19N3O5/c17-7-5-16(6-8-18)9-12(19)14-10-1-3-11(4-2-10)15-13(20)21/h1-4,15,17-18H,5-9H2,(H,14,19)(H,20,21). The predicted molar refractivity (Wildman–Crippen MR) is 77.3 cm³/mol. The van der Waals surface area contributed by atoms with Gasteiger partial charge in [0.1, 0.15) is 0 Å². The molecule has 0 aromatic heterocycles. The molecule has 0 aliphatic carbocycles. The topological polar surface area (TPSA) is 122 Å². The maximum Gasteiger partial charge on any atom is 0.409 e. The van der Waals surface area contributed by atoms with Crippen molar-refractivity contribution in [2.45, 2.75) is 0 Å². The zero-order chi connectivity index (χ0) is 15.7. The second-order valence-electron chi connectivity index (χ2n) is 4.28. The molecule has 0 unspecified atom stereocenters. The minimum atomic E-state index is -1.16. The molecule has 0 aliphatic heterocycles. The SMILES string of the molecule is O=C(O)Nc1ccc(NC(=O)CN(CCO)CCO)cc1. The molecule has 8 nitrogen and oxygen atoms in total. The van der Waals surface area contributed by atoms with Gasteiger partial charge in [-0.25, -0.2) is 4.79 Å². The molecule has 2 amide bonds. The molecule has 0 heterocycles. The minimum absolute atomic E-state index is 0.0518. The summed E-state index contributed by atoms with van der Waals surface area (Å²) in [5.41, 5.74) is 0.937. The first-order valence-electron chi connectivity index (χ1n) is 6.39. The van der Waals surface area contributed by atoms with Crippen LogP contribution in [0.4, 0.5) is 16.2 Å². The number of carboxylic acid groups (broad SMARTS) is 1.